The van der Waals surface area contributed by atoms with Crippen LogP contribution in [0.15, 0.2) is 28.8 Å². The first-order chi connectivity index (χ1) is 13.7. The fraction of sp³-hybridized carbons (Fsp3) is 0.550. The Balaban J connectivity index is 1.46. The highest BCUT2D eigenvalue weighted by Gasteiger charge is 2.41. The number of amides is 2. The number of para-hydroxylation sites is 1. The van der Waals surface area contributed by atoms with Gasteiger partial charge in [-0.05, 0) is 31.4 Å². The molecule has 2 aliphatic rings. The minimum atomic E-state index is -0.169. The largest absolute Gasteiger partial charge is 0.395 e. The lowest BCUT2D eigenvalue weighted by Crippen LogP contribution is -2.57. The van der Waals surface area contributed by atoms with E-state index in [2.05, 4.69) is 10.5 Å². The topological polar surface area (TPSA) is 105 Å². The van der Waals surface area contributed by atoms with Crippen molar-refractivity contribution in [3.8, 4) is 0 Å². The van der Waals surface area contributed by atoms with Crippen LogP contribution >= 0.6 is 0 Å². The highest BCUT2D eigenvalue weighted by molar-refractivity contribution is 5.86. The van der Waals surface area contributed by atoms with Crippen LogP contribution in [0, 0.1) is 5.92 Å². The summed E-state index contributed by atoms with van der Waals surface area (Å²) in [6.07, 6.45) is 2.19. The Bertz CT molecular complexity index is 851. The van der Waals surface area contributed by atoms with Gasteiger partial charge >= 0.3 is 0 Å². The number of hydrogen-bond donors (Lipinski definition) is 2. The van der Waals surface area contributed by atoms with E-state index in [1.165, 1.54) is 0 Å². The van der Waals surface area contributed by atoms with Crippen molar-refractivity contribution >= 4 is 22.8 Å². The lowest BCUT2D eigenvalue weighted by Gasteiger charge is -2.45. The molecule has 0 unspecified atom stereocenters. The average Bonchev–Trinajstić information content (AvgIpc) is 3.14. The molecule has 1 aromatic heterocycles. The molecule has 2 fully saturated rings. The molecule has 0 bridgehead atoms. The van der Waals surface area contributed by atoms with Gasteiger partial charge in [0.1, 0.15) is 5.69 Å². The van der Waals surface area contributed by atoms with E-state index in [9.17, 15) is 9.59 Å². The maximum Gasteiger partial charge on any atom is 0.229 e. The molecular weight excluding hydrogens is 362 g/mol. The van der Waals surface area contributed by atoms with E-state index < -0.39 is 0 Å². The van der Waals surface area contributed by atoms with Crippen molar-refractivity contribution in [3.63, 3.8) is 0 Å². The fourth-order valence-corrected chi connectivity index (χ4v) is 4.29. The number of benzene rings is 1. The second kappa shape index (κ2) is 8.28. The van der Waals surface area contributed by atoms with Crippen LogP contribution in [0.2, 0.25) is 0 Å². The molecule has 1 aliphatic heterocycles. The summed E-state index contributed by atoms with van der Waals surface area (Å²) in [6, 6.07) is 7.39. The first kappa shape index (κ1) is 18.9. The van der Waals surface area contributed by atoms with Crippen molar-refractivity contribution in [1.29, 1.82) is 0 Å². The molecule has 1 saturated carbocycles. The Kier molecular flexibility index (Phi) is 5.59. The van der Waals surface area contributed by atoms with Gasteiger partial charge in [-0.25, -0.2) is 0 Å². The molecule has 1 aliphatic carbocycles. The van der Waals surface area contributed by atoms with Gasteiger partial charge in [0.25, 0.3) is 0 Å². The summed E-state index contributed by atoms with van der Waals surface area (Å²) >= 11 is 0. The van der Waals surface area contributed by atoms with Crippen molar-refractivity contribution in [2.75, 3.05) is 26.3 Å². The van der Waals surface area contributed by atoms with Gasteiger partial charge in [-0.3, -0.25) is 9.59 Å². The number of hydrogen-bond acceptors (Lipinski definition) is 6. The van der Waals surface area contributed by atoms with Gasteiger partial charge < -0.3 is 24.6 Å². The van der Waals surface area contributed by atoms with Crippen LogP contribution in [0.5, 0.6) is 0 Å². The van der Waals surface area contributed by atoms with E-state index in [0.29, 0.717) is 30.8 Å². The van der Waals surface area contributed by atoms with E-state index in [-0.39, 0.29) is 49.5 Å². The number of ether oxygens (including phenoxy) is 1. The monoisotopic (exact) mass is 387 g/mol. The van der Waals surface area contributed by atoms with Crippen molar-refractivity contribution in [1.82, 2.24) is 15.4 Å². The number of carbonyl (C=O) groups excluding carboxylic acids is 2. The van der Waals surface area contributed by atoms with Crippen LogP contribution in [0.1, 0.15) is 25.0 Å². The summed E-state index contributed by atoms with van der Waals surface area (Å²) in [5.41, 5.74) is 1.31. The van der Waals surface area contributed by atoms with E-state index in [4.69, 9.17) is 14.4 Å². The van der Waals surface area contributed by atoms with Crippen LogP contribution in [-0.4, -0.2) is 65.4 Å². The van der Waals surface area contributed by atoms with E-state index in [0.717, 1.165) is 18.2 Å². The van der Waals surface area contributed by atoms with Crippen LogP contribution in [0.25, 0.3) is 11.0 Å². The molecule has 4 rings (SSSR count). The van der Waals surface area contributed by atoms with Gasteiger partial charge in [-0.1, -0.05) is 17.3 Å². The molecule has 28 heavy (non-hydrogen) atoms. The first-order valence-corrected chi connectivity index (χ1v) is 9.80. The maximum atomic E-state index is 13.1. The Morgan fingerprint density at radius 2 is 2.14 bits per heavy atom. The number of aromatic nitrogens is 1. The third kappa shape index (κ3) is 3.74. The van der Waals surface area contributed by atoms with Gasteiger partial charge in [0.05, 0.1) is 31.8 Å². The number of rotatable bonds is 5. The summed E-state index contributed by atoms with van der Waals surface area (Å²) in [7, 11) is 0. The Hall–Kier alpha value is -2.45. The zero-order chi connectivity index (χ0) is 19.5. The van der Waals surface area contributed by atoms with Crippen LogP contribution in [0.4, 0.5) is 0 Å². The molecule has 0 radical (unpaired) electrons. The molecule has 3 atom stereocenters. The van der Waals surface area contributed by atoms with Crippen molar-refractivity contribution < 1.29 is 24.0 Å². The third-order valence-electron chi connectivity index (χ3n) is 5.69. The maximum absolute atomic E-state index is 13.1. The molecule has 2 heterocycles. The minimum absolute atomic E-state index is 0.0197. The molecule has 8 nitrogen and oxygen atoms in total. The Morgan fingerprint density at radius 1 is 1.29 bits per heavy atom. The van der Waals surface area contributed by atoms with Gasteiger partial charge in [0.2, 0.25) is 11.8 Å². The molecule has 2 N–H and O–H groups in total. The standard InChI is InChI=1S/C20H25N3O5/c24-9-7-21-20(26)13-5-6-18-16(11-13)23(8-10-27-18)19(25)12-15-14-3-1-2-4-17(14)28-22-15/h1-4,13,16,18,24H,5-12H2,(H,21,26)/t13-,16+,18+/m0/s1. The predicted octanol–water partition coefficient (Wildman–Crippen LogP) is 0.875. The molecule has 0 spiro atoms. The number of fused-ring (bicyclic) bond motifs is 2. The summed E-state index contributed by atoms with van der Waals surface area (Å²) in [5, 5.41) is 16.6. The smallest absolute Gasteiger partial charge is 0.229 e. The number of carbonyl (C=O) groups is 2. The van der Waals surface area contributed by atoms with Crippen molar-refractivity contribution in [3.05, 3.63) is 30.0 Å². The van der Waals surface area contributed by atoms with E-state index in [1.807, 2.05) is 29.2 Å². The predicted molar refractivity (Wildman–Crippen MR) is 100 cm³/mol. The lowest BCUT2D eigenvalue weighted by molar-refractivity contribution is -0.153. The molecule has 150 valence electrons. The molecule has 8 heteroatoms. The average molecular weight is 387 g/mol. The highest BCUT2D eigenvalue weighted by Crippen LogP contribution is 2.33. The van der Waals surface area contributed by atoms with Gasteiger partial charge in [-0.15, -0.1) is 0 Å². The summed E-state index contributed by atoms with van der Waals surface area (Å²) < 4.78 is 11.2. The van der Waals surface area contributed by atoms with Crippen LogP contribution in [0.3, 0.4) is 0 Å². The second-order valence-corrected chi connectivity index (χ2v) is 7.39. The third-order valence-corrected chi connectivity index (χ3v) is 5.69. The fourth-order valence-electron chi connectivity index (χ4n) is 4.29. The number of aliphatic hydroxyl groups is 1. The van der Waals surface area contributed by atoms with Gasteiger partial charge in [-0.2, -0.15) is 0 Å². The number of morpholine rings is 1. The highest BCUT2D eigenvalue weighted by atomic mass is 16.5. The lowest BCUT2D eigenvalue weighted by atomic mass is 9.81. The Labute approximate surface area is 162 Å². The Morgan fingerprint density at radius 3 is 3.00 bits per heavy atom. The number of nitrogens with one attached hydrogen (secondary N) is 1. The minimum Gasteiger partial charge on any atom is -0.395 e. The van der Waals surface area contributed by atoms with Gasteiger partial charge in [0.15, 0.2) is 5.58 Å². The summed E-state index contributed by atoms with van der Waals surface area (Å²) in [5.74, 6) is -0.251. The molecule has 2 amide bonds. The zero-order valence-electron chi connectivity index (χ0n) is 15.7. The van der Waals surface area contributed by atoms with Crippen molar-refractivity contribution in [2.45, 2.75) is 37.8 Å². The van der Waals surface area contributed by atoms with Crippen LogP contribution in [-0.2, 0) is 20.7 Å². The second-order valence-electron chi connectivity index (χ2n) is 7.39. The molecule has 2 aromatic rings. The molecule has 1 saturated heterocycles. The number of aliphatic hydroxyl groups excluding tert-OH is 1. The number of nitrogens with zero attached hydrogens (tertiary/aromatic N) is 2. The SMILES string of the molecule is O=C(NCCO)[C@H]1CC[C@H]2OCCN(C(=O)Cc3noc4ccccc34)[C@@H]2C1. The molecule has 1 aromatic carbocycles. The first-order valence-electron chi connectivity index (χ1n) is 9.80. The van der Waals surface area contributed by atoms with E-state index >= 15 is 0 Å². The summed E-state index contributed by atoms with van der Waals surface area (Å²) in [6.45, 7) is 1.19. The molecular formula is C20H25N3O5. The normalized spacial score (nSPS) is 24.8. The van der Waals surface area contributed by atoms with Gasteiger partial charge in [0, 0.05) is 24.4 Å². The van der Waals surface area contributed by atoms with E-state index in [1.54, 1.807) is 0 Å². The summed E-state index contributed by atoms with van der Waals surface area (Å²) in [4.78, 5) is 27.2. The van der Waals surface area contributed by atoms with Crippen molar-refractivity contribution in [2.24, 2.45) is 5.92 Å². The quantitative estimate of drug-likeness (QED) is 0.789. The van der Waals surface area contributed by atoms with Crippen LogP contribution < -0.4 is 5.32 Å². The zero-order valence-corrected chi connectivity index (χ0v) is 15.7.